The van der Waals surface area contributed by atoms with Crippen molar-refractivity contribution in [2.24, 2.45) is 0 Å². The second-order valence-corrected chi connectivity index (χ2v) is 5.10. The Morgan fingerprint density at radius 2 is 2.13 bits per heavy atom. The summed E-state index contributed by atoms with van der Waals surface area (Å²) in [4.78, 5) is 4.05. The number of hydrogen-bond donors (Lipinski definition) is 0. The molecular formula is C9H4Br2FNOS. The Morgan fingerprint density at radius 3 is 2.80 bits per heavy atom. The van der Waals surface area contributed by atoms with Gasteiger partial charge >= 0.3 is 0 Å². The van der Waals surface area contributed by atoms with Gasteiger partial charge in [0.2, 0.25) is 0 Å². The third kappa shape index (κ3) is 2.76. The molecule has 0 saturated heterocycles. The maximum absolute atomic E-state index is 12.9. The maximum Gasteiger partial charge on any atom is 0.279 e. The normalized spacial score (nSPS) is 10.3. The van der Waals surface area contributed by atoms with Crippen LogP contribution in [0.1, 0.15) is 0 Å². The summed E-state index contributed by atoms with van der Waals surface area (Å²) < 4.78 is 19.7. The number of rotatable bonds is 2. The summed E-state index contributed by atoms with van der Waals surface area (Å²) in [6, 6.07) is 4.25. The van der Waals surface area contributed by atoms with Crippen LogP contribution in [0.4, 0.5) is 4.39 Å². The van der Waals surface area contributed by atoms with E-state index in [1.807, 2.05) is 0 Å². The number of aromatic nitrogens is 1. The SMILES string of the molecule is Fc1ccc(Br)c(Oc2nc(Br)cs2)c1. The first-order chi connectivity index (χ1) is 7.15. The van der Waals surface area contributed by atoms with E-state index in [2.05, 4.69) is 36.8 Å². The van der Waals surface area contributed by atoms with Gasteiger partial charge in [0.1, 0.15) is 16.2 Å². The molecule has 0 unspecified atom stereocenters. The van der Waals surface area contributed by atoms with Crippen LogP contribution in [0.5, 0.6) is 10.9 Å². The lowest BCUT2D eigenvalue weighted by atomic mass is 10.3. The summed E-state index contributed by atoms with van der Waals surface area (Å²) in [5, 5.41) is 2.26. The third-order valence-corrected chi connectivity index (χ3v) is 3.63. The lowest BCUT2D eigenvalue weighted by Gasteiger charge is -2.03. The predicted octanol–water partition coefficient (Wildman–Crippen LogP) is 4.60. The highest BCUT2D eigenvalue weighted by molar-refractivity contribution is 9.10. The minimum atomic E-state index is -0.344. The molecule has 0 N–H and O–H groups in total. The van der Waals surface area contributed by atoms with E-state index in [1.54, 1.807) is 11.4 Å². The van der Waals surface area contributed by atoms with Gasteiger partial charge in [-0.2, -0.15) is 4.98 Å². The van der Waals surface area contributed by atoms with Crippen LogP contribution in [0.15, 0.2) is 32.7 Å². The lowest BCUT2D eigenvalue weighted by Crippen LogP contribution is -1.85. The molecule has 0 spiro atoms. The Hall–Kier alpha value is -0.460. The molecular weight excluding hydrogens is 349 g/mol. The molecule has 15 heavy (non-hydrogen) atoms. The van der Waals surface area contributed by atoms with E-state index in [9.17, 15) is 4.39 Å². The molecule has 1 heterocycles. The van der Waals surface area contributed by atoms with E-state index in [0.29, 0.717) is 20.0 Å². The molecule has 1 aromatic heterocycles. The molecule has 6 heteroatoms. The predicted molar refractivity (Wildman–Crippen MR) is 64.0 cm³/mol. The summed E-state index contributed by atoms with van der Waals surface area (Å²) in [5.41, 5.74) is 0. The van der Waals surface area contributed by atoms with Crippen molar-refractivity contribution < 1.29 is 9.13 Å². The number of nitrogens with zero attached hydrogens (tertiary/aromatic N) is 1. The minimum Gasteiger partial charge on any atom is -0.430 e. The number of ether oxygens (including phenoxy) is 1. The molecule has 0 aliphatic rings. The van der Waals surface area contributed by atoms with Crippen LogP contribution in [-0.2, 0) is 0 Å². The van der Waals surface area contributed by atoms with Gasteiger partial charge in [0, 0.05) is 11.4 Å². The van der Waals surface area contributed by atoms with Gasteiger partial charge in [-0.15, -0.1) is 0 Å². The van der Waals surface area contributed by atoms with Crippen LogP contribution in [0.2, 0.25) is 0 Å². The van der Waals surface area contributed by atoms with Crippen molar-refractivity contribution in [1.29, 1.82) is 0 Å². The van der Waals surface area contributed by atoms with Gasteiger partial charge in [-0.3, -0.25) is 0 Å². The molecule has 0 aliphatic carbocycles. The largest absolute Gasteiger partial charge is 0.430 e. The monoisotopic (exact) mass is 351 g/mol. The third-order valence-electron chi connectivity index (χ3n) is 1.55. The van der Waals surface area contributed by atoms with Crippen molar-refractivity contribution >= 4 is 43.2 Å². The minimum absolute atomic E-state index is 0.344. The first kappa shape index (κ1) is 11.0. The summed E-state index contributed by atoms with van der Waals surface area (Å²) in [6.45, 7) is 0. The van der Waals surface area contributed by atoms with Crippen molar-refractivity contribution in [3.63, 3.8) is 0 Å². The average Bonchev–Trinajstić information content (AvgIpc) is 2.58. The first-order valence-electron chi connectivity index (χ1n) is 3.89. The molecule has 0 atom stereocenters. The van der Waals surface area contributed by atoms with Gasteiger partial charge < -0.3 is 4.74 Å². The van der Waals surface area contributed by atoms with E-state index >= 15 is 0 Å². The molecule has 2 nitrogen and oxygen atoms in total. The van der Waals surface area contributed by atoms with Gasteiger partial charge in [-0.25, -0.2) is 4.39 Å². The van der Waals surface area contributed by atoms with Gasteiger partial charge in [-0.05, 0) is 44.0 Å². The fourth-order valence-electron chi connectivity index (χ4n) is 0.935. The molecule has 2 rings (SSSR count). The van der Waals surface area contributed by atoms with Crippen LogP contribution in [0.3, 0.4) is 0 Å². The van der Waals surface area contributed by atoms with Gasteiger partial charge in [0.05, 0.1) is 4.47 Å². The summed E-state index contributed by atoms with van der Waals surface area (Å²) >= 11 is 7.82. The van der Waals surface area contributed by atoms with Gasteiger partial charge in [-0.1, -0.05) is 11.3 Å². The van der Waals surface area contributed by atoms with Crippen LogP contribution >= 0.6 is 43.2 Å². The lowest BCUT2D eigenvalue weighted by molar-refractivity contribution is 0.469. The summed E-state index contributed by atoms with van der Waals surface area (Å²) in [5.74, 6) is 0.0701. The van der Waals surface area contributed by atoms with Crippen LogP contribution < -0.4 is 4.74 Å². The molecule has 0 saturated carbocycles. The number of halogens is 3. The van der Waals surface area contributed by atoms with Crippen LogP contribution in [0, 0.1) is 5.82 Å². The molecule has 0 aliphatic heterocycles. The van der Waals surface area contributed by atoms with E-state index in [0.717, 1.165) is 0 Å². The van der Waals surface area contributed by atoms with E-state index in [1.165, 1.54) is 23.5 Å². The Labute approximate surface area is 106 Å². The second kappa shape index (κ2) is 4.59. The van der Waals surface area contributed by atoms with E-state index < -0.39 is 0 Å². The van der Waals surface area contributed by atoms with Crippen molar-refractivity contribution in [2.75, 3.05) is 0 Å². The van der Waals surface area contributed by atoms with Crippen molar-refractivity contribution in [1.82, 2.24) is 4.98 Å². The smallest absolute Gasteiger partial charge is 0.279 e. The Balaban J connectivity index is 2.27. The zero-order valence-electron chi connectivity index (χ0n) is 7.21. The number of thiazole rings is 1. The molecule has 0 amide bonds. The fraction of sp³-hybridized carbons (Fsp3) is 0. The molecule has 0 radical (unpaired) electrons. The summed E-state index contributed by atoms with van der Waals surface area (Å²) in [6.07, 6.45) is 0. The van der Waals surface area contributed by atoms with Gasteiger partial charge in [0.25, 0.3) is 5.19 Å². The Morgan fingerprint density at radius 1 is 1.33 bits per heavy atom. The highest BCUT2D eigenvalue weighted by Crippen LogP contribution is 2.32. The summed E-state index contributed by atoms with van der Waals surface area (Å²) in [7, 11) is 0. The second-order valence-electron chi connectivity index (χ2n) is 2.61. The highest BCUT2D eigenvalue weighted by atomic mass is 79.9. The van der Waals surface area contributed by atoms with Crippen molar-refractivity contribution in [3.05, 3.63) is 38.5 Å². The Bertz CT molecular complexity index is 489. The van der Waals surface area contributed by atoms with Crippen molar-refractivity contribution in [3.8, 4) is 10.9 Å². The van der Waals surface area contributed by atoms with E-state index in [-0.39, 0.29) is 5.82 Å². The van der Waals surface area contributed by atoms with Crippen molar-refractivity contribution in [2.45, 2.75) is 0 Å². The van der Waals surface area contributed by atoms with Crippen LogP contribution in [0.25, 0.3) is 0 Å². The Kier molecular flexibility index (Phi) is 3.38. The standard InChI is InChI=1S/C9H4Br2FNOS/c10-6-2-1-5(12)3-7(6)14-9-13-8(11)4-15-9/h1-4H. The molecule has 0 bridgehead atoms. The maximum atomic E-state index is 12.9. The van der Waals surface area contributed by atoms with Gasteiger partial charge in [0.15, 0.2) is 0 Å². The first-order valence-corrected chi connectivity index (χ1v) is 6.35. The molecule has 1 aromatic carbocycles. The zero-order valence-corrected chi connectivity index (χ0v) is 11.2. The molecule has 0 fully saturated rings. The average molecular weight is 353 g/mol. The molecule has 2 aromatic rings. The van der Waals surface area contributed by atoms with E-state index in [4.69, 9.17) is 4.74 Å². The quantitative estimate of drug-likeness (QED) is 0.788. The topological polar surface area (TPSA) is 22.1 Å². The van der Waals surface area contributed by atoms with Crippen LogP contribution in [-0.4, -0.2) is 4.98 Å². The zero-order chi connectivity index (χ0) is 10.8. The highest BCUT2D eigenvalue weighted by Gasteiger charge is 2.07. The number of hydrogen-bond acceptors (Lipinski definition) is 3. The molecule has 78 valence electrons. The fourth-order valence-corrected chi connectivity index (χ4v) is 2.36. The number of benzene rings is 1.